The molecule has 2 aromatic heterocycles. The Morgan fingerprint density at radius 3 is 2.83 bits per heavy atom. The zero-order valence-corrected chi connectivity index (χ0v) is 18.4. The van der Waals surface area contributed by atoms with Crippen LogP contribution < -0.4 is 5.32 Å². The number of sulfonamides is 1. The van der Waals surface area contributed by atoms with Gasteiger partial charge in [-0.25, -0.2) is 13.4 Å². The summed E-state index contributed by atoms with van der Waals surface area (Å²) < 4.78 is 33.8. The minimum absolute atomic E-state index is 0.0000356. The van der Waals surface area contributed by atoms with Crippen molar-refractivity contribution in [3.63, 3.8) is 0 Å². The molecule has 2 aromatic rings. The lowest BCUT2D eigenvalue weighted by Crippen LogP contribution is -2.46. The molecule has 7 nitrogen and oxygen atoms in total. The van der Waals surface area contributed by atoms with Crippen molar-refractivity contribution in [1.82, 2.24) is 14.6 Å². The highest BCUT2D eigenvalue weighted by atomic mass is 32.2. The van der Waals surface area contributed by atoms with E-state index in [0.717, 1.165) is 41.5 Å². The van der Waals surface area contributed by atoms with Gasteiger partial charge in [-0.05, 0) is 32.8 Å². The summed E-state index contributed by atoms with van der Waals surface area (Å²) in [5.41, 5.74) is 0.752. The van der Waals surface area contributed by atoms with Gasteiger partial charge < -0.3 is 10.1 Å². The summed E-state index contributed by atoms with van der Waals surface area (Å²) in [5.74, 6) is -0.169. The fourth-order valence-electron chi connectivity index (χ4n) is 4.20. The third kappa shape index (κ3) is 4.05. The first-order chi connectivity index (χ1) is 13.9. The lowest BCUT2D eigenvalue weighted by atomic mass is 10.0. The van der Waals surface area contributed by atoms with Crippen molar-refractivity contribution >= 4 is 37.5 Å². The van der Waals surface area contributed by atoms with Crippen molar-refractivity contribution in [3.8, 4) is 0 Å². The van der Waals surface area contributed by atoms with Crippen LogP contribution in [0.25, 0.3) is 10.2 Å². The summed E-state index contributed by atoms with van der Waals surface area (Å²) in [5, 5.41) is 3.51. The third-order valence-electron chi connectivity index (χ3n) is 5.57. The van der Waals surface area contributed by atoms with Crippen LogP contribution >= 0.6 is 11.3 Å². The quantitative estimate of drug-likeness (QED) is 0.777. The van der Waals surface area contributed by atoms with Crippen molar-refractivity contribution in [2.45, 2.75) is 56.9 Å². The van der Waals surface area contributed by atoms with E-state index in [2.05, 4.69) is 10.3 Å². The molecular weight excluding hydrogens is 410 g/mol. The van der Waals surface area contributed by atoms with Crippen molar-refractivity contribution in [1.29, 1.82) is 0 Å². The molecule has 3 heterocycles. The number of nitrogens with zero attached hydrogens (tertiary/aromatic N) is 2. The monoisotopic (exact) mass is 437 g/mol. The van der Waals surface area contributed by atoms with Gasteiger partial charge in [0.1, 0.15) is 9.71 Å². The molecule has 2 aliphatic rings. The summed E-state index contributed by atoms with van der Waals surface area (Å²) in [6.45, 7) is 4.75. The number of aromatic nitrogens is 1. The van der Waals surface area contributed by atoms with E-state index >= 15 is 0 Å². The van der Waals surface area contributed by atoms with Crippen molar-refractivity contribution in [2.75, 3.05) is 19.7 Å². The number of amides is 1. The minimum Gasteiger partial charge on any atom is -0.371 e. The van der Waals surface area contributed by atoms with Gasteiger partial charge in [0.05, 0.1) is 18.0 Å². The zero-order valence-electron chi connectivity index (χ0n) is 16.8. The molecule has 1 atom stereocenters. The molecule has 1 amide bonds. The smallest absolute Gasteiger partial charge is 0.262 e. The average Bonchev–Trinajstić information content (AvgIpc) is 3.36. The largest absolute Gasteiger partial charge is 0.371 e. The Morgan fingerprint density at radius 2 is 2.10 bits per heavy atom. The second-order valence-corrected chi connectivity index (χ2v) is 11.2. The number of rotatable bonds is 5. The standard InChI is InChI=1S/C20H27N3O4S2/c1-13(2)22-19(24)18-17(15-8-5-9-21-20(15)28-18)16-12-23(10-11-27-16)29(25,26)14-6-3-4-7-14/h5,8-9,13-14,16H,3-4,6-7,10-12H2,1-2H3,(H,22,24). The number of carbonyl (C=O) groups excluding carboxylic acids is 1. The van der Waals surface area contributed by atoms with Crippen molar-refractivity contribution in [3.05, 3.63) is 28.8 Å². The molecule has 0 bridgehead atoms. The molecule has 0 aromatic carbocycles. The molecule has 1 N–H and O–H groups in total. The molecule has 1 aliphatic carbocycles. The molecule has 1 saturated heterocycles. The predicted molar refractivity (Wildman–Crippen MR) is 114 cm³/mol. The van der Waals surface area contributed by atoms with Crippen LogP contribution in [0, 0.1) is 0 Å². The van der Waals surface area contributed by atoms with Crippen LogP contribution in [0.15, 0.2) is 18.3 Å². The molecule has 0 radical (unpaired) electrons. The lowest BCUT2D eigenvalue weighted by molar-refractivity contribution is -0.00220. The van der Waals surface area contributed by atoms with E-state index in [-0.39, 0.29) is 23.7 Å². The Labute approximate surface area is 175 Å². The van der Waals surface area contributed by atoms with E-state index in [1.165, 1.54) is 11.3 Å². The Morgan fingerprint density at radius 1 is 1.34 bits per heavy atom. The molecule has 158 valence electrons. The van der Waals surface area contributed by atoms with Gasteiger partial charge in [0.15, 0.2) is 0 Å². The summed E-state index contributed by atoms with van der Waals surface area (Å²) in [6.07, 6.45) is 4.63. The number of thiophene rings is 1. The van der Waals surface area contributed by atoms with Crippen LogP contribution in [-0.2, 0) is 14.8 Å². The first-order valence-corrected chi connectivity index (χ1v) is 12.5. The van der Waals surface area contributed by atoms with Crippen LogP contribution in [-0.4, -0.2) is 54.6 Å². The highest BCUT2D eigenvalue weighted by Gasteiger charge is 2.39. The topological polar surface area (TPSA) is 88.6 Å². The van der Waals surface area contributed by atoms with Crippen LogP contribution in [0.1, 0.15) is 60.9 Å². The number of ether oxygens (including phenoxy) is 1. The second kappa shape index (κ2) is 8.29. The minimum atomic E-state index is -3.35. The summed E-state index contributed by atoms with van der Waals surface area (Å²) in [7, 11) is -3.35. The number of hydrogen-bond donors (Lipinski definition) is 1. The van der Waals surface area contributed by atoms with Crippen LogP contribution in [0.3, 0.4) is 0 Å². The van der Waals surface area contributed by atoms with E-state index in [0.29, 0.717) is 18.0 Å². The van der Waals surface area contributed by atoms with Gasteiger partial charge >= 0.3 is 0 Å². The van der Waals surface area contributed by atoms with Gasteiger partial charge in [-0.3, -0.25) is 4.79 Å². The maximum Gasteiger partial charge on any atom is 0.262 e. The van der Waals surface area contributed by atoms with Gasteiger partial charge in [0.25, 0.3) is 5.91 Å². The molecule has 0 spiro atoms. The van der Waals surface area contributed by atoms with E-state index in [1.54, 1.807) is 10.5 Å². The summed E-state index contributed by atoms with van der Waals surface area (Å²) in [6, 6.07) is 3.76. The Kier molecular flexibility index (Phi) is 5.92. The Balaban J connectivity index is 1.69. The second-order valence-electron chi connectivity index (χ2n) is 8.00. The number of pyridine rings is 1. The number of morpholine rings is 1. The number of nitrogens with one attached hydrogen (secondary N) is 1. The summed E-state index contributed by atoms with van der Waals surface area (Å²) >= 11 is 1.33. The normalized spacial score (nSPS) is 21.8. The molecule has 1 aliphatic heterocycles. The molecule has 4 rings (SSSR count). The highest BCUT2D eigenvalue weighted by molar-refractivity contribution is 7.89. The number of fused-ring (bicyclic) bond motifs is 1. The Bertz CT molecular complexity index is 996. The molecular formula is C20H27N3O4S2. The molecule has 2 fully saturated rings. The van der Waals surface area contributed by atoms with E-state index < -0.39 is 16.1 Å². The van der Waals surface area contributed by atoms with Crippen LogP contribution in [0.4, 0.5) is 0 Å². The van der Waals surface area contributed by atoms with Gasteiger partial charge in [-0.1, -0.05) is 18.9 Å². The van der Waals surface area contributed by atoms with Gasteiger partial charge in [-0.15, -0.1) is 11.3 Å². The Hall–Kier alpha value is -1.55. The van der Waals surface area contributed by atoms with Gasteiger partial charge in [-0.2, -0.15) is 4.31 Å². The van der Waals surface area contributed by atoms with E-state index in [9.17, 15) is 13.2 Å². The van der Waals surface area contributed by atoms with Gasteiger partial charge in [0.2, 0.25) is 10.0 Å². The fraction of sp³-hybridized carbons (Fsp3) is 0.600. The first-order valence-electron chi connectivity index (χ1n) is 10.2. The zero-order chi connectivity index (χ0) is 20.6. The SMILES string of the molecule is CC(C)NC(=O)c1sc2ncccc2c1C1CN(S(=O)(=O)C2CCCC2)CCO1. The maximum atomic E-state index is 13.1. The third-order valence-corrected chi connectivity index (χ3v) is 9.06. The fourth-order valence-corrected chi connectivity index (χ4v) is 7.32. The highest BCUT2D eigenvalue weighted by Crippen LogP contribution is 2.38. The van der Waals surface area contributed by atoms with Crippen molar-refractivity contribution < 1.29 is 17.9 Å². The van der Waals surface area contributed by atoms with E-state index in [1.807, 2.05) is 26.0 Å². The molecule has 29 heavy (non-hydrogen) atoms. The van der Waals surface area contributed by atoms with Gasteiger partial charge in [0, 0.05) is 36.3 Å². The van der Waals surface area contributed by atoms with E-state index in [4.69, 9.17) is 4.74 Å². The summed E-state index contributed by atoms with van der Waals surface area (Å²) in [4.78, 5) is 18.6. The first kappa shape index (κ1) is 20.7. The van der Waals surface area contributed by atoms with Crippen LogP contribution in [0.5, 0.6) is 0 Å². The lowest BCUT2D eigenvalue weighted by Gasteiger charge is -2.34. The number of carbonyl (C=O) groups is 1. The molecule has 9 heteroatoms. The van der Waals surface area contributed by atoms with Crippen LogP contribution in [0.2, 0.25) is 0 Å². The average molecular weight is 438 g/mol. The maximum absolute atomic E-state index is 13.1. The number of hydrogen-bond acceptors (Lipinski definition) is 6. The molecule has 1 saturated carbocycles. The molecule has 1 unspecified atom stereocenters. The predicted octanol–water partition coefficient (Wildman–Crippen LogP) is 3.08. The van der Waals surface area contributed by atoms with Crippen molar-refractivity contribution in [2.24, 2.45) is 0 Å².